The van der Waals surface area contributed by atoms with Crippen molar-refractivity contribution < 1.29 is 9.18 Å². The molecule has 0 bridgehead atoms. The van der Waals surface area contributed by atoms with Crippen LogP contribution in [0.3, 0.4) is 0 Å². The Bertz CT molecular complexity index is 754. The van der Waals surface area contributed by atoms with Crippen molar-refractivity contribution in [3.63, 3.8) is 0 Å². The summed E-state index contributed by atoms with van der Waals surface area (Å²) < 4.78 is 15.1. The van der Waals surface area contributed by atoms with Crippen LogP contribution in [0, 0.1) is 11.7 Å². The molecule has 0 spiro atoms. The van der Waals surface area contributed by atoms with Crippen LogP contribution in [0.4, 0.5) is 4.39 Å². The summed E-state index contributed by atoms with van der Waals surface area (Å²) in [6.07, 6.45) is 7.45. The van der Waals surface area contributed by atoms with E-state index >= 15 is 0 Å². The zero-order valence-corrected chi connectivity index (χ0v) is 16.1. The topological polar surface area (TPSA) is 59.0 Å². The Morgan fingerprint density at radius 3 is 2.59 bits per heavy atom. The number of nitrogens with zero attached hydrogens (tertiary/aromatic N) is 2. The van der Waals surface area contributed by atoms with E-state index in [1.54, 1.807) is 18.2 Å². The molecule has 27 heavy (non-hydrogen) atoms. The van der Waals surface area contributed by atoms with Gasteiger partial charge in [0, 0.05) is 12.7 Å². The maximum Gasteiger partial charge on any atom is 0.272 e. The molecule has 0 radical (unpaired) electrons. The van der Waals surface area contributed by atoms with Crippen molar-refractivity contribution in [1.29, 1.82) is 0 Å². The first-order valence-corrected chi connectivity index (χ1v) is 9.53. The molecule has 1 aromatic carbocycles. The molecule has 2 N–H and O–H groups in total. The van der Waals surface area contributed by atoms with E-state index < -0.39 is 0 Å². The van der Waals surface area contributed by atoms with Gasteiger partial charge in [-0.2, -0.15) is 5.10 Å². The van der Waals surface area contributed by atoms with Gasteiger partial charge in [-0.3, -0.25) is 9.48 Å². The van der Waals surface area contributed by atoms with Crippen LogP contribution in [-0.4, -0.2) is 28.8 Å². The Labute approximate surface area is 165 Å². The van der Waals surface area contributed by atoms with Gasteiger partial charge in [0.25, 0.3) is 5.91 Å². The third kappa shape index (κ3) is 4.50. The summed E-state index contributed by atoms with van der Waals surface area (Å²) in [7, 11) is 0. The highest BCUT2D eigenvalue weighted by Crippen LogP contribution is 2.37. The number of benzene rings is 1. The normalized spacial score (nSPS) is 21.0. The molecule has 1 saturated heterocycles. The average Bonchev–Trinajstić information content (AvgIpc) is 3.11. The predicted octanol–water partition coefficient (Wildman–Crippen LogP) is 3.64. The quantitative estimate of drug-likeness (QED) is 0.816. The number of amides is 1. The van der Waals surface area contributed by atoms with Crippen molar-refractivity contribution in [2.24, 2.45) is 5.92 Å². The Morgan fingerprint density at radius 2 is 1.96 bits per heavy atom. The highest BCUT2D eigenvalue weighted by atomic mass is 35.5. The number of carbonyl (C=O) groups excluding carboxylic acids is 1. The molecule has 1 aliphatic carbocycles. The fourth-order valence-electron chi connectivity index (χ4n) is 3.85. The van der Waals surface area contributed by atoms with E-state index in [2.05, 4.69) is 15.7 Å². The fourth-order valence-corrected chi connectivity index (χ4v) is 3.85. The van der Waals surface area contributed by atoms with Crippen LogP contribution in [0.2, 0.25) is 0 Å². The molecule has 7 heteroatoms. The Kier molecular flexibility index (Phi) is 6.50. The number of piperidine rings is 1. The summed E-state index contributed by atoms with van der Waals surface area (Å²) in [6.45, 7) is 1.94. The van der Waals surface area contributed by atoms with Gasteiger partial charge in [-0.15, -0.1) is 12.4 Å². The summed E-state index contributed by atoms with van der Waals surface area (Å²) >= 11 is 0. The van der Waals surface area contributed by atoms with Gasteiger partial charge in [-0.25, -0.2) is 4.39 Å². The molecule has 5 nitrogen and oxygen atoms in total. The van der Waals surface area contributed by atoms with Crippen LogP contribution in [0.1, 0.15) is 60.2 Å². The zero-order chi connectivity index (χ0) is 17.9. The van der Waals surface area contributed by atoms with Crippen LogP contribution in [0.5, 0.6) is 0 Å². The van der Waals surface area contributed by atoms with E-state index in [4.69, 9.17) is 0 Å². The molecule has 2 heterocycles. The van der Waals surface area contributed by atoms with Gasteiger partial charge in [0.05, 0.1) is 12.1 Å². The molecule has 2 atom stereocenters. The standard InChI is InChI=1S/C20H25FN4O.ClH/c21-16-8-6-15(7-9-16)19(14-3-1-4-14)23-20(26)18-10-12-25(24-18)17-5-2-11-22-13-17;/h6-10,12,14,17,19,22H,1-5,11,13H2,(H,23,26);1H. The van der Waals surface area contributed by atoms with E-state index in [0.29, 0.717) is 17.7 Å². The number of nitrogens with one attached hydrogen (secondary N) is 2. The number of rotatable bonds is 5. The number of halogens is 2. The van der Waals surface area contributed by atoms with Gasteiger partial charge >= 0.3 is 0 Å². The summed E-state index contributed by atoms with van der Waals surface area (Å²) in [6, 6.07) is 8.46. The van der Waals surface area contributed by atoms with E-state index in [-0.39, 0.29) is 30.2 Å². The van der Waals surface area contributed by atoms with Crippen LogP contribution in [0.15, 0.2) is 36.5 Å². The minimum atomic E-state index is -0.257. The second-order valence-corrected chi connectivity index (χ2v) is 7.37. The van der Waals surface area contributed by atoms with E-state index in [1.165, 1.54) is 18.6 Å². The lowest BCUT2D eigenvalue weighted by molar-refractivity contribution is 0.0894. The van der Waals surface area contributed by atoms with Crippen molar-refractivity contribution in [2.75, 3.05) is 13.1 Å². The van der Waals surface area contributed by atoms with Gasteiger partial charge in [-0.05, 0) is 61.9 Å². The monoisotopic (exact) mass is 392 g/mol. The first kappa shape index (κ1) is 19.8. The second-order valence-electron chi connectivity index (χ2n) is 7.37. The van der Waals surface area contributed by atoms with Crippen molar-refractivity contribution in [3.8, 4) is 0 Å². The third-order valence-corrected chi connectivity index (χ3v) is 5.62. The highest BCUT2D eigenvalue weighted by molar-refractivity contribution is 5.92. The molecule has 2 unspecified atom stereocenters. The molecule has 1 aliphatic heterocycles. The first-order chi connectivity index (χ1) is 12.7. The zero-order valence-electron chi connectivity index (χ0n) is 15.2. The van der Waals surface area contributed by atoms with Gasteiger partial charge in [0.15, 0.2) is 0 Å². The van der Waals surface area contributed by atoms with Crippen LogP contribution in [-0.2, 0) is 0 Å². The minimum Gasteiger partial charge on any atom is -0.344 e. The summed E-state index contributed by atoms with van der Waals surface area (Å²) in [5.41, 5.74) is 1.40. The number of hydrogen-bond acceptors (Lipinski definition) is 3. The lowest BCUT2D eigenvalue weighted by Crippen LogP contribution is -2.36. The SMILES string of the molecule is Cl.O=C(NC(c1ccc(F)cc1)C1CCC1)c1ccn(C2CCCNC2)n1. The van der Waals surface area contributed by atoms with Gasteiger partial charge in [0.2, 0.25) is 0 Å². The largest absolute Gasteiger partial charge is 0.344 e. The molecular weight excluding hydrogens is 367 g/mol. The lowest BCUT2D eigenvalue weighted by Gasteiger charge is -2.34. The van der Waals surface area contributed by atoms with Crippen molar-refractivity contribution in [3.05, 3.63) is 53.6 Å². The molecule has 2 aromatic rings. The summed E-state index contributed by atoms with van der Waals surface area (Å²) in [5, 5.41) is 11.0. The Morgan fingerprint density at radius 1 is 1.19 bits per heavy atom. The van der Waals surface area contributed by atoms with E-state index in [0.717, 1.165) is 44.3 Å². The smallest absolute Gasteiger partial charge is 0.272 e. The van der Waals surface area contributed by atoms with E-state index in [9.17, 15) is 9.18 Å². The molecule has 2 aliphatic rings. The molecule has 2 fully saturated rings. The number of carbonyl (C=O) groups is 1. The summed E-state index contributed by atoms with van der Waals surface area (Å²) in [4.78, 5) is 12.8. The summed E-state index contributed by atoms with van der Waals surface area (Å²) in [5.74, 6) is -0.00458. The van der Waals surface area contributed by atoms with Crippen LogP contribution < -0.4 is 10.6 Å². The average molecular weight is 393 g/mol. The van der Waals surface area contributed by atoms with Gasteiger partial charge < -0.3 is 10.6 Å². The van der Waals surface area contributed by atoms with Crippen LogP contribution >= 0.6 is 12.4 Å². The maximum absolute atomic E-state index is 13.2. The molecule has 1 saturated carbocycles. The third-order valence-electron chi connectivity index (χ3n) is 5.62. The van der Waals surface area contributed by atoms with Gasteiger partial charge in [0.1, 0.15) is 11.5 Å². The predicted molar refractivity (Wildman–Crippen MR) is 105 cm³/mol. The van der Waals surface area contributed by atoms with E-state index in [1.807, 2.05) is 10.9 Å². The first-order valence-electron chi connectivity index (χ1n) is 9.53. The molecule has 1 amide bonds. The van der Waals surface area contributed by atoms with Crippen LogP contribution in [0.25, 0.3) is 0 Å². The lowest BCUT2D eigenvalue weighted by atomic mass is 9.77. The van der Waals surface area contributed by atoms with Crippen molar-refractivity contribution in [2.45, 2.75) is 44.2 Å². The van der Waals surface area contributed by atoms with Crippen molar-refractivity contribution in [1.82, 2.24) is 20.4 Å². The fraction of sp³-hybridized carbons (Fsp3) is 0.500. The Balaban J connectivity index is 0.00000210. The molecular formula is C20H26ClFN4O. The highest BCUT2D eigenvalue weighted by Gasteiger charge is 2.30. The van der Waals surface area contributed by atoms with Gasteiger partial charge in [-0.1, -0.05) is 18.6 Å². The molecule has 4 rings (SSSR count). The molecule has 146 valence electrons. The number of hydrogen-bond donors (Lipinski definition) is 2. The molecule has 1 aromatic heterocycles. The minimum absolute atomic E-state index is 0. The Hall–Kier alpha value is -1.92. The second kappa shape index (κ2) is 8.85. The van der Waals surface area contributed by atoms with Crippen molar-refractivity contribution >= 4 is 18.3 Å². The number of aromatic nitrogens is 2. The maximum atomic E-state index is 13.2.